The third-order valence-corrected chi connectivity index (χ3v) is 9.23. The van der Waals surface area contributed by atoms with Gasteiger partial charge in [-0.1, -0.05) is 18.2 Å². The van der Waals surface area contributed by atoms with Gasteiger partial charge in [-0.25, -0.2) is 4.79 Å². The van der Waals surface area contributed by atoms with Crippen molar-refractivity contribution >= 4 is 34.5 Å². The van der Waals surface area contributed by atoms with Crippen molar-refractivity contribution in [1.29, 1.82) is 0 Å². The summed E-state index contributed by atoms with van der Waals surface area (Å²) in [7, 11) is 1.64. The highest BCUT2D eigenvalue weighted by Crippen LogP contribution is 2.59. The van der Waals surface area contributed by atoms with Gasteiger partial charge in [-0.2, -0.15) is 0 Å². The first-order valence-corrected chi connectivity index (χ1v) is 14.7. The predicted octanol–water partition coefficient (Wildman–Crippen LogP) is 4.34. The molecule has 2 unspecified atom stereocenters. The molecule has 228 valence electrons. The Hall–Kier alpha value is -3.93. The van der Waals surface area contributed by atoms with Gasteiger partial charge in [-0.05, 0) is 86.3 Å². The van der Waals surface area contributed by atoms with E-state index in [0.717, 1.165) is 49.5 Å². The van der Waals surface area contributed by atoms with Crippen LogP contribution in [0.25, 0.3) is 10.9 Å². The summed E-state index contributed by atoms with van der Waals surface area (Å²) in [5.41, 5.74) is 7.61. The van der Waals surface area contributed by atoms with Gasteiger partial charge in [-0.3, -0.25) is 14.9 Å². The zero-order valence-corrected chi connectivity index (χ0v) is 24.3. The Morgan fingerprint density at radius 2 is 1.77 bits per heavy atom. The lowest BCUT2D eigenvalue weighted by atomic mass is 9.51. The molecule has 0 radical (unpaired) electrons. The van der Waals surface area contributed by atoms with Gasteiger partial charge in [0.15, 0.2) is 0 Å². The summed E-state index contributed by atoms with van der Waals surface area (Å²) < 4.78 is 19.0. The molecule has 11 nitrogen and oxygen atoms in total. The fraction of sp³-hybridized carbons (Fsp3) is 0.469. The van der Waals surface area contributed by atoms with E-state index in [9.17, 15) is 19.5 Å². The zero-order valence-electron chi connectivity index (χ0n) is 24.3. The average Bonchev–Trinajstić information content (AvgIpc) is 3.29. The summed E-state index contributed by atoms with van der Waals surface area (Å²) in [4.78, 5) is 37.1. The van der Waals surface area contributed by atoms with Crippen LogP contribution >= 0.6 is 0 Å². The molecule has 4 fully saturated rings. The van der Waals surface area contributed by atoms with Crippen LogP contribution in [0.1, 0.15) is 64.9 Å². The SMILES string of the molecule is COCCOCO[C@]12CC3CC(C[C@@](NC(=O)c4cc5ccc(NC(=O)O)cc5n4Cc4ccc(C(N)=O)cc4)(C3)C1)C2. The van der Waals surface area contributed by atoms with Crippen LogP contribution in [0, 0.1) is 11.8 Å². The summed E-state index contributed by atoms with van der Waals surface area (Å²) >= 11 is 0. The lowest BCUT2D eigenvalue weighted by Gasteiger charge is -2.61. The number of carbonyl (C=O) groups is 3. The van der Waals surface area contributed by atoms with Crippen LogP contribution in [0.3, 0.4) is 0 Å². The highest BCUT2D eigenvalue weighted by atomic mass is 16.7. The topological polar surface area (TPSA) is 154 Å². The number of hydrogen-bond acceptors (Lipinski definition) is 6. The molecule has 43 heavy (non-hydrogen) atoms. The van der Waals surface area contributed by atoms with Crippen LogP contribution in [0.4, 0.5) is 10.5 Å². The van der Waals surface area contributed by atoms with Crippen molar-refractivity contribution in [2.24, 2.45) is 17.6 Å². The molecule has 11 heteroatoms. The molecule has 0 spiro atoms. The van der Waals surface area contributed by atoms with Gasteiger partial charge in [0.1, 0.15) is 12.5 Å². The number of nitrogens with one attached hydrogen (secondary N) is 2. The van der Waals surface area contributed by atoms with E-state index in [4.69, 9.17) is 19.9 Å². The first-order chi connectivity index (χ1) is 20.7. The molecule has 4 aliphatic rings. The van der Waals surface area contributed by atoms with Crippen LogP contribution in [0.2, 0.25) is 0 Å². The van der Waals surface area contributed by atoms with Crippen LogP contribution < -0.4 is 16.4 Å². The normalized spacial score (nSPS) is 25.6. The number of rotatable bonds is 12. The number of primary amides is 1. The Morgan fingerprint density at radius 1 is 1.02 bits per heavy atom. The maximum Gasteiger partial charge on any atom is 0.409 e. The first-order valence-electron chi connectivity index (χ1n) is 14.7. The number of amides is 3. The standard InChI is InChI=1S/C32H38N4O7/c1-41-8-9-42-19-43-32-15-21-10-22(16-32)14-31(13-21,18-32)35-29(38)27-11-24-6-7-25(34-30(39)40)12-26(24)36(27)17-20-2-4-23(5-3-20)28(33)37/h2-7,11-12,21-22,34H,8-10,13-19H2,1H3,(H2,33,37)(H,35,38)(H,39,40)/t21?,22?,31-,32-. The zero-order chi connectivity index (χ0) is 30.2. The molecule has 1 aromatic heterocycles. The van der Waals surface area contributed by atoms with Crippen LogP contribution in [0.15, 0.2) is 48.5 Å². The van der Waals surface area contributed by atoms with Gasteiger partial charge < -0.3 is 34.9 Å². The van der Waals surface area contributed by atoms with Crippen molar-refractivity contribution in [3.05, 3.63) is 65.4 Å². The van der Waals surface area contributed by atoms with Gasteiger partial charge in [0, 0.05) is 35.8 Å². The number of nitrogens with zero attached hydrogens (tertiary/aromatic N) is 1. The minimum Gasteiger partial charge on any atom is -0.465 e. The number of fused-ring (bicyclic) bond motifs is 1. The van der Waals surface area contributed by atoms with E-state index < -0.39 is 12.0 Å². The highest BCUT2D eigenvalue weighted by Gasteiger charge is 2.59. The van der Waals surface area contributed by atoms with Crippen molar-refractivity contribution in [3.63, 3.8) is 0 Å². The molecule has 5 N–H and O–H groups in total. The van der Waals surface area contributed by atoms with Crippen molar-refractivity contribution in [3.8, 4) is 0 Å². The van der Waals surface area contributed by atoms with E-state index in [1.807, 2.05) is 22.8 Å². The molecule has 3 aromatic rings. The smallest absolute Gasteiger partial charge is 0.409 e. The molecular weight excluding hydrogens is 552 g/mol. The highest BCUT2D eigenvalue weighted by molar-refractivity contribution is 6.00. The number of carboxylic acid groups (broad SMARTS) is 1. The number of benzene rings is 2. The second kappa shape index (κ2) is 11.6. The number of methoxy groups -OCH3 is 1. The van der Waals surface area contributed by atoms with E-state index in [1.54, 1.807) is 37.4 Å². The first kappa shape index (κ1) is 29.2. The number of aromatic nitrogens is 1. The van der Waals surface area contributed by atoms with Crippen LogP contribution in [-0.2, 0) is 20.8 Å². The molecule has 2 atom stereocenters. The molecule has 2 aromatic carbocycles. The van der Waals surface area contributed by atoms with Gasteiger partial charge >= 0.3 is 6.09 Å². The van der Waals surface area contributed by atoms with Gasteiger partial charge in [0.2, 0.25) is 5.91 Å². The largest absolute Gasteiger partial charge is 0.465 e. The fourth-order valence-electron chi connectivity index (χ4n) is 7.94. The van der Waals surface area contributed by atoms with Crippen molar-refractivity contribution in [2.45, 2.75) is 56.2 Å². The maximum atomic E-state index is 14.2. The molecule has 4 saturated carbocycles. The molecule has 7 rings (SSSR count). The number of hydrogen-bond donors (Lipinski definition) is 4. The molecule has 0 saturated heterocycles. The third kappa shape index (κ3) is 6.11. The predicted molar refractivity (Wildman–Crippen MR) is 159 cm³/mol. The third-order valence-electron chi connectivity index (χ3n) is 9.23. The molecular formula is C32H38N4O7. The molecule has 4 bridgehead atoms. The summed E-state index contributed by atoms with van der Waals surface area (Å²) in [5.74, 6) is 0.284. The quantitative estimate of drug-likeness (QED) is 0.181. The molecule has 4 aliphatic carbocycles. The van der Waals surface area contributed by atoms with Crippen molar-refractivity contribution in [2.75, 3.05) is 32.4 Å². The Bertz CT molecular complexity index is 1520. The Balaban J connectivity index is 1.28. The van der Waals surface area contributed by atoms with Gasteiger partial charge in [0.05, 0.1) is 24.3 Å². The number of nitrogens with two attached hydrogens (primary N) is 1. The Labute approximate surface area is 249 Å². The van der Waals surface area contributed by atoms with Gasteiger partial charge in [0.25, 0.3) is 5.91 Å². The Kier molecular flexibility index (Phi) is 7.89. The van der Waals surface area contributed by atoms with Crippen LogP contribution in [-0.4, -0.2) is 65.8 Å². The number of anilines is 1. The van der Waals surface area contributed by atoms with E-state index in [2.05, 4.69) is 10.6 Å². The maximum absolute atomic E-state index is 14.2. The Morgan fingerprint density at radius 3 is 2.44 bits per heavy atom. The summed E-state index contributed by atoms with van der Waals surface area (Å²) in [6, 6.07) is 14.0. The van der Waals surface area contributed by atoms with Gasteiger partial charge in [-0.15, -0.1) is 0 Å². The van der Waals surface area contributed by atoms with E-state index in [1.165, 1.54) is 0 Å². The fourth-order valence-corrected chi connectivity index (χ4v) is 7.94. The molecule has 3 amide bonds. The number of ether oxygens (including phenoxy) is 3. The lowest BCUT2D eigenvalue weighted by molar-refractivity contribution is -0.217. The van der Waals surface area contributed by atoms with Crippen LogP contribution in [0.5, 0.6) is 0 Å². The minimum atomic E-state index is -1.17. The summed E-state index contributed by atoms with van der Waals surface area (Å²) in [6.07, 6.45) is 4.55. The molecule has 1 heterocycles. The second-order valence-electron chi connectivity index (χ2n) is 12.4. The van der Waals surface area contributed by atoms with Crippen molar-refractivity contribution < 1.29 is 33.7 Å². The minimum absolute atomic E-state index is 0.175. The van der Waals surface area contributed by atoms with Crippen molar-refractivity contribution in [1.82, 2.24) is 9.88 Å². The number of carbonyl (C=O) groups excluding carboxylic acids is 2. The van der Waals surface area contributed by atoms with E-state index in [0.29, 0.717) is 54.1 Å². The average molecular weight is 591 g/mol. The summed E-state index contributed by atoms with van der Waals surface area (Å²) in [6.45, 7) is 1.54. The monoisotopic (exact) mass is 590 g/mol. The second-order valence-corrected chi connectivity index (χ2v) is 12.4. The van der Waals surface area contributed by atoms with E-state index >= 15 is 0 Å². The summed E-state index contributed by atoms with van der Waals surface area (Å²) in [5, 5.41) is 15.9. The lowest BCUT2D eigenvalue weighted by Crippen LogP contribution is -2.66. The van der Waals surface area contributed by atoms with E-state index in [-0.39, 0.29) is 23.8 Å². The molecule has 0 aliphatic heterocycles.